The first-order valence-electron chi connectivity index (χ1n) is 8.09. The van der Waals surface area contributed by atoms with Gasteiger partial charge >= 0.3 is 0 Å². The van der Waals surface area contributed by atoms with E-state index < -0.39 is 0 Å². The molecule has 2 saturated carbocycles. The van der Waals surface area contributed by atoms with Crippen LogP contribution in [-0.4, -0.2) is 23.4 Å². The Balaban J connectivity index is 1.41. The average molecular weight is 252 g/mol. The van der Waals surface area contributed by atoms with Crippen LogP contribution in [0.25, 0.3) is 0 Å². The number of aliphatic hydroxyl groups is 1. The van der Waals surface area contributed by atoms with Gasteiger partial charge in [0.25, 0.3) is 0 Å². The minimum Gasteiger partial charge on any atom is -0.390 e. The maximum absolute atomic E-state index is 10.8. The number of hydrogen-bond acceptors (Lipinski definition) is 2. The van der Waals surface area contributed by atoms with Crippen LogP contribution in [0.15, 0.2) is 0 Å². The molecule has 0 aromatic heterocycles. The SMILES string of the molecule is OC1(CCCC2CCCO2)CCCC(C2CC2)C1. The topological polar surface area (TPSA) is 29.5 Å². The van der Waals surface area contributed by atoms with Crippen LogP contribution >= 0.6 is 0 Å². The van der Waals surface area contributed by atoms with Crippen molar-refractivity contribution in [3.63, 3.8) is 0 Å². The van der Waals surface area contributed by atoms with Crippen molar-refractivity contribution in [2.24, 2.45) is 11.8 Å². The zero-order valence-electron chi connectivity index (χ0n) is 11.6. The lowest BCUT2D eigenvalue weighted by Gasteiger charge is -2.37. The molecule has 3 fully saturated rings. The Labute approximate surface area is 111 Å². The average Bonchev–Trinajstić information content (AvgIpc) is 3.08. The zero-order valence-corrected chi connectivity index (χ0v) is 11.6. The minimum absolute atomic E-state index is 0.329. The first-order chi connectivity index (χ1) is 8.75. The fourth-order valence-corrected chi connectivity index (χ4v) is 4.11. The Morgan fingerprint density at radius 2 is 1.94 bits per heavy atom. The summed E-state index contributed by atoms with van der Waals surface area (Å²) in [7, 11) is 0. The van der Waals surface area contributed by atoms with Crippen molar-refractivity contribution >= 4 is 0 Å². The summed E-state index contributed by atoms with van der Waals surface area (Å²) >= 11 is 0. The molecule has 2 heteroatoms. The lowest BCUT2D eigenvalue weighted by atomic mass is 9.74. The minimum atomic E-state index is -0.329. The van der Waals surface area contributed by atoms with Gasteiger partial charge in [-0.25, -0.2) is 0 Å². The molecule has 3 unspecified atom stereocenters. The Morgan fingerprint density at radius 3 is 2.67 bits per heavy atom. The van der Waals surface area contributed by atoms with Crippen LogP contribution < -0.4 is 0 Å². The molecule has 3 aliphatic rings. The molecule has 2 nitrogen and oxygen atoms in total. The van der Waals surface area contributed by atoms with Crippen molar-refractivity contribution < 1.29 is 9.84 Å². The van der Waals surface area contributed by atoms with Gasteiger partial charge in [0.2, 0.25) is 0 Å². The van der Waals surface area contributed by atoms with E-state index in [1.807, 2.05) is 0 Å². The highest BCUT2D eigenvalue weighted by Gasteiger charge is 2.40. The van der Waals surface area contributed by atoms with Crippen LogP contribution in [0.3, 0.4) is 0 Å². The summed E-state index contributed by atoms with van der Waals surface area (Å²) in [5.41, 5.74) is -0.329. The molecule has 1 N–H and O–H groups in total. The number of ether oxygens (including phenoxy) is 1. The molecule has 1 aliphatic heterocycles. The van der Waals surface area contributed by atoms with Crippen molar-refractivity contribution in [2.45, 2.75) is 82.3 Å². The molecule has 0 spiro atoms. The van der Waals surface area contributed by atoms with Crippen LogP contribution in [0.5, 0.6) is 0 Å². The van der Waals surface area contributed by atoms with Gasteiger partial charge in [-0.1, -0.05) is 6.42 Å². The molecule has 1 heterocycles. The molecule has 18 heavy (non-hydrogen) atoms. The first kappa shape index (κ1) is 12.9. The summed E-state index contributed by atoms with van der Waals surface area (Å²) < 4.78 is 5.66. The largest absolute Gasteiger partial charge is 0.390 e. The summed E-state index contributed by atoms with van der Waals surface area (Å²) in [6.07, 6.45) is 13.9. The first-order valence-corrected chi connectivity index (χ1v) is 8.09. The second-order valence-electron chi connectivity index (χ2n) is 6.95. The molecule has 0 radical (unpaired) electrons. The normalized spacial score (nSPS) is 41.2. The van der Waals surface area contributed by atoms with Gasteiger partial charge in [0.1, 0.15) is 0 Å². The van der Waals surface area contributed by atoms with Crippen LogP contribution in [-0.2, 0) is 4.74 Å². The molecule has 0 aromatic rings. The lowest BCUT2D eigenvalue weighted by molar-refractivity contribution is -0.0310. The fraction of sp³-hybridized carbons (Fsp3) is 1.00. The maximum Gasteiger partial charge on any atom is 0.0650 e. The predicted octanol–water partition coefficient (Wildman–Crippen LogP) is 3.67. The van der Waals surface area contributed by atoms with Gasteiger partial charge in [-0.15, -0.1) is 0 Å². The van der Waals surface area contributed by atoms with Crippen LogP contribution in [0, 0.1) is 11.8 Å². The standard InChI is InChI=1S/C16H28O2/c17-16(10-2-5-15-6-3-11-18-15)9-1-4-14(12-16)13-7-8-13/h13-15,17H,1-12H2. The smallest absolute Gasteiger partial charge is 0.0650 e. The second kappa shape index (κ2) is 5.50. The highest BCUT2D eigenvalue weighted by molar-refractivity contribution is 4.92. The summed E-state index contributed by atoms with van der Waals surface area (Å²) in [4.78, 5) is 0. The Hall–Kier alpha value is -0.0800. The Kier molecular flexibility index (Phi) is 3.95. The van der Waals surface area contributed by atoms with E-state index in [2.05, 4.69) is 0 Å². The molecular formula is C16H28O2. The highest BCUT2D eigenvalue weighted by atomic mass is 16.5. The Morgan fingerprint density at radius 1 is 1.06 bits per heavy atom. The number of rotatable bonds is 5. The third-order valence-electron chi connectivity index (χ3n) is 5.34. The van der Waals surface area contributed by atoms with Gasteiger partial charge in [0, 0.05) is 6.61 Å². The van der Waals surface area contributed by atoms with E-state index in [0.29, 0.717) is 6.10 Å². The molecule has 1 saturated heterocycles. The van der Waals surface area contributed by atoms with Crippen molar-refractivity contribution in [1.29, 1.82) is 0 Å². The second-order valence-corrected chi connectivity index (χ2v) is 6.95. The Bertz CT molecular complexity index is 268. The molecule has 104 valence electrons. The summed E-state index contributed by atoms with van der Waals surface area (Å²) in [5, 5.41) is 10.8. The molecule has 2 aliphatic carbocycles. The fourth-order valence-electron chi connectivity index (χ4n) is 4.11. The summed E-state index contributed by atoms with van der Waals surface area (Å²) in [5.74, 6) is 1.81. The van der Waals surface area contributed by atoms with Crippen molar-refractivity contribution in [3.05, 3.63) is 0 Å². The van der Waals surface area contributed by atoms with E-state index in [4.69, 9.17) is 4.74 Å². The summed E-state index contributed by atoms with van der Waals surface area (Å²) in [6.45, 7) is 0.957. The molecule has 0 bridgehead atoms. The van der Waals surface area contributed by atoms with Gasteiger partial charge in [0.15, 0.2) is 0 Å². The zero-order chi connectivity index (χ0) is 12.4. The van der Waals surface area contributed by atoms with E-state index in [-0.39, 0.29) is 5.60 Å². The third kappa shape index (κ3) is 3.27. The highest BCUT2D eigenvalue weighted by Crippen LogP contribution is 2.47. The molecular weight excluding hydrogens is 224 g/mol. The van der Waals surface area contributed by atoms with Crippen molar-refractivity contribution in [2.75, 3.05) is 6.61 Å². The third-order valence-corrected chi connectivity index (χ3v) is 5.34. The predicted molar refractivity (Wildman–Crippen MR) is 72.5 cm³/mol. The quantitative estimate of drug-likeness (QED) is 0.809. The summed E-state index contributed by atoms with van der Waals surface area (Å²) in [6, 6.07) is 0. The van der Waals surface area contributed by atoms with Crippen molar-refractivity contribution in [3.8, 4) is 0 Å². The number of hydrogen-bond donors (Lipinski definition) is 1. The lowest BCUT2D eigenvalue weighted by Crippen LogP contribution is -2.36. The van der Waals surface area contributed by atoms with E-state index in [0.717, 1.165) is 50.5 Å². The molecule has 0 amide bonds. The van der Waals surface area contributed by atoms with E-state index >= 15 is 0 Å². The van der Waals surface area contributed by atoms with Crippen LogP contribution in [0.4, 0.5) is 0 Å². The van der Waals surface area contributed by atoms with Gasteiger partial charge in [-0.2, -0.15) is 0 Å². The van der Waals surface area contributed by atoms with E-state index in [1.54, 1.807) is 0 Å². The van der Waals surface area contributed by atoms with Crippen molar-refractivity contribution in [1.82, 2.24) is 0 Å². The molecule has 0 aromatic carbocycles. The molecule has 3 atom stereocenters. The molecule has 3 rings (SSSR count). The van der Waals surface area contributed by atoms with Gasteiger partial charge < -0.3 is 9.84 Å². The van der Waals surface area contributed by atoms with Gasteiger partial charge in [0.05, 0.1) is 11.7 Å². The van der Waals surface area contributed by atoms with Gasteiger partial charge in [-0.3, -0.25) is 0 Å². The maximum atomic E-state index is 10.8. The monoisotopic (exact) mass is 252 g/mol. The van der Waals surface area contributed by atoms with Gasteiger partial charge in [-0.05, 0) is 76.0 Å². The van der Waals surface area contributed by atoms with Crippen LogP contribution in [0.1, 0.15) is 70.6 Å². The van der Waals surface area contributed by atoms with E-state index in [1.165, 1.54) is 38.5 Å². The van der Waals surface area contributed by atoms with E-state index in [9.17, 15) is 5.11 Å². The van der Waals surface area contributed by atoms with Crippen LogP contribution in [0.2, 0.25) is 0 Å².